The van der Waals surface area contributed by atoms with E-state index in [1.54, 1.807) is 4.90 Å². The first-order chi connectivity index (χ1) is 11.0. The molecule has 2 aliphatic heterocycles. The highest BCUT2D eigenvalue weighted by atomic mass is 32.2. The Morgan fingerprint density at radius 2 is 2.04 bits per heavy atom. The van der Waals surface area contributed by atoms with Crippen LogP contribution in [0.4, 0.5) is 4.79 Å². The molecule has 5 nitrogen and oxygen atoms in total. The van der Waals surface area contributed by atoms with Crippen LogP contribution < -0.4 is 5.32 Å². The lowest BCUT2D eigenvalue weighted by Gasteiger charge is -2.27. The topological polar surface area (TPSA) is 66.5 Å². The van der Waals surface area contributed by atoms with Gasteiger partial charge in [0.05, 0.1) is 11.5 Å². The van der Waals surface area contributed by atoms with E-state index in [4.69, 9.17) is 0 Å². The van der Waals surface area contributed by atoms with Crippen molar-refractivity contribution in [1.82, 2.24) is 10.2 Å². The van der Waals surface area contributed by atoms with Gasteiger partial charge in [-0.25, -0.2) is 13.2 Å². The third kappa shape index (κ3) is 4.13. The molecular weight excluding hydrogens is 312 g/mol. The molecular formula is C17H22N2O3S. The maximum absolute atomic E-state index is 12.2. The van der Waals surface area contributed by atoms with Crippen molar-refractivity contribution in [3.63, 3.8) is 0 Å². The summed E-state index contributed by atoms with van der Waals surface area (Å²) in [6.45, 7) is 1.73. The smallest absolute Gasteiger partial charge is 0.317 e. The maximum Gasteiger partial charge on any atom is 0.317 e. The van der Waals surface area contributed by atoms with Crippen LogP contribution >= 0.6 is 0 Å². The van der Waals surface area contributed by atoms with Crippen LogP contribution in [0.25, 0.3) is 5.57 Å². The van der Waals surface area contributed by atoms with Crippen LogP contribution in [0.1, 0.15) is 18.4 Å². The minimum Gasteiger partial charge on any atom is -0.338 e. The molecule has 0 unspecified atom stereocenters. The van der Waals surface area contributed by atoms with Crippen molar-refractivity contribution in [3.05, 3.63) is 42.0 Å². The lowest BCUT2D eigenvalue weighted by atomic mass is 10.00. The van der Waals surface area contributed by atoms with Crippen LogP contribution in [0, 0.1) is 5.92 Å². The maximum atomic E-state index is 12.2. The number of urea groups is 1. The van der Waals surface area contributed by atoms with Crippen molar-refractivity contribution in [1.29, 1.82) is 0 Å². The van der Waals surface area contributed by atoms with E-state index in [9.17, 15) is 13.2 Å². The monoisotopic (exact) mass is 334 g/mol. The standard InChI is InChI=1S/C17H22N2O3S/c20-17(18-12-14-8-11-23(21,22)13-14)19-9-6-16(7-10-19)15-4-2-1-3-5-15/h1-6,14H,7-13H2,(H,18,20)/t14-/m0/s1. The molecule has 0 radical (unpaired) electrons. The molecule has 3 rings (SSSR count). The van der Waals surface area contributed by atoms with E-state index >= 15 is 0 Å². The molecule has 0 aromatic heterocycles. The molecule has 1 saturated heterocycles. The fourth-order valence-corrected chi connectivity index (χ4v) is 5.01. The van der Waals surface area contributed by atoms with Gasteiger partial charge in [0.15, 0.2) is 9.84 Å². The zero-order chi connectivity index (χ0) is 16.3. The zero-order valence-corrected chi connectivity index (χ0v) is 13.9. The van der Waals surface area contributed by atoms with Crippen molar-refractivity contribution < 1.29 is 13.2 Å². The number of nitrogens with zero attached hydrogens (tertiary/aromatic N) is 1. The first kappa shape index (κ1) is 16.1. The van der Waals surface area contributed by atoms with E-state index in [-0.39, 0.29) is 23.5 Å². The van der Waals surface area contributed by atoms with Gasteiger partial charge in [0.25, 0.3) is 0 Å². The average molecular weight is 334 g/mol. The third-order valence-electron chi connectivity index (χ3n) is 4.51. The second-order valence-corrected chi connectivity index (χ2v) is 8.48. The summed E-state index contributed by atoms with van der Waals surface area (Å²) in [5, 5.41) is 2.88. The lowest BCUT2D eigenvalue weighted by Crippen LogP contribution is -2.43. The summed E-state index contributed by atoms with van der Waals surface area (Å²) >= 11 is 0. The Bertz CT molecular complexity index is 698. The molecule has 1 aromatic carbocycles. The normalized spacial score (nSPS) is 23.4. The van der Waals surface area contributed by atoms with Gasteiger partial charge in [0, 0.05) is 19.6 Å². The molecule has 0 bridgehead atoms. The highest BCUT2D eigenvalue weighted by Crippen LogP contribution is 2.22. The van der Waals surface area contributed by atoms with Gasteiger partial charge in [0.2, 0.25) is 0 Å². The molecule has 1 fully saturated rings. The molecule has 23 heavy (non-hydrogen) atoms. The van der Waals surface area contributed by atoms with Crippen molar-refractivity contribution in [3.8, 4) is 0 Å². The van der Waals surface area contributed by atoms with Crippen LogP contribution in [0.15, 0.2) is 36.4 Å². The second-order valence-electron chi connectivity index (χ2n) is 6.25. The summed E-state index contributed by atoms with van der Waals surface area (Å²) in [5.41, 5.74) is 2.49. The Labute approximate surface area is 137 Å². The van der Waals surface area contributed by atoms with Crippen molar-refractivity contribution in [2.75, 3.05) is 31.1 Å². The summed E-state index contributed by atoms with van der Waals surface area (Å²) in [6, 6.07) is 10.1. The fourth-order valence-electron chi connectivity index (χ4n) is 3.14. The first-order valence-corrected chi connectivity index (χ1v) is 9.83. The molecule has 2 aliphatic rings. The highest BCUT2D eigenvalue weighted by Gasteiger charge is 2.28. The van der Waals surface area contributed by atoms with Crippen LogP contribution in [0.2, 0.25) is 0 Å². The molecule has 1 atom stereocenters. The summed E-state index contributed by atoms with van der Waals surface area (Å²) < 4.78 is 22.9. The Hall–Kier alpha value is -1.82. The largest absolute Gasteiger partial charge is 0.338 e. The molecule has 6 heteroatoms. The number of hydrogen-bond acceptors (Lipinski definition) is 3. The Morgan fingerprint density at radius 1 is 1.26 bits per heavy atom. The second kappa shape index (κ2) is 6.74. The molecule has 1 aromatic rings. The van der Waals surface area contributed by atoms with Gasteiger partial charge in [-0.1, -0.05) is 36.4 Å². The third-order valence-corrected chi connectivity index (χ3v) is 6.35. The van der Waals surface area contributed by atoms with Crippen molar-refractivity contribution in [2.24, 2.45) is 5.92 Å². The van der Waals surface area contributed by atoms with Crippen LogP contribution in [-0.4, -0.2) is 50.5 Å². The summed E-state index contributed by atoms with van der Waals surface area (Å²) in [4.78, 5) is 14.0. The zero-order valence-electron chi connectivity index (χ0n) is 13.1. The minimum atomic E-state index is -2.88. The fraction of sp³-hybridized carbons (Fsp3) is 0.471. The first-order valence-electron chi connectivity index (χ1n) is 8.01. The van der Waals surface area contributed by atoms with Gasteiger partial charge in [-0.05, 0) is 29.9 Å². The van der Waals surface area contributed by atoms with Crippen molar-refractivity contribution >= 4 is 21.4 Å². The van der Waals surface area contributed by atoms with E-state index in [0.717, 1.165) is 6.42 Å². The SMILES string of the molecule is O=C(NC[C@@H]1CCS(=O)(=O)C1)N1CC=C(c2ccccc2)CC1. The van der Waals surface area contributed by atoms with Gasteiger partial charge >= 0.3 is 6.03 Å². The van der Waals surface area contributed by atoms with E-state index in [0.29, 0.717) is 26.1 Å². The minimum absolute atomic E-state index is 0.0594. The van der Waals surface area contributed by atoms with Crippen LogP contribution in [0.5, 0.6) is 0 Å². The Kier molecular flexibility index (Phi) is 4.71. The van der Waals surface area contributed by atoms with Gasteiger partial charge in [-0.3, -0.25) is 0 Å². The Morgan fingerprint density at radius 3 is 2.65 bits per heavy atom. The molecule has 2 heterocycles. The van der Waals surface area contributed by atoms with Crippen LogP contribution in [-0.2, 0) is 9.84 Å². The van der Waals surface area contributed by atoms with Crippen molar-refractivity contribution in [2.45, 2.75) is 12.8 Å². The van der Waals surface area contributed by atoms with Gasteiger partial charge < -0.3 is 10.2 Å². The number of hydrogen-bond donors (Lipinski definition) is 1. The van der Waals surface area contributed by atoms with E-state index < -0.39 is 9.84 Å². The molecule has 0 saturated carbocycles. The molecule has 124 valence electrons. The number of sulfone groups is 1. The highest BCUT2D eigenvalue weighted by molar-refractivity contribution is 7.91. The van der Waals surface area contributed by atoms with Gasteiger partial charge in [0.1, 0.15) is 0 Å². The number of carbonyl (C=O) groups excluding carboxylic acids is 1. The van der Waals surface area contributed by atoms with Gasteiger partial charge in [-0.2, -0.15) is 0 Å². The predicted molar refractivity (Wildman–Crippen MR) is 90.8 cm³/mol. The number of nitrogens with one attached hydrogen (secondary N) is 1. The van der Waals surface area contributed by atoms with E-state index in [1.807, 2.05) is 18.2 Å². The quantitative estimate of drug-likeness (QED) is 0.918. The van der Waals surface area contributed by atoms with Gasteiger partial charge in [-0.15, -0.1) is 0 Å². The summed E-state index contributed by atoms with van der Waals surface area (Å²) in [7, 11) is -2.88. The summed E-state index contributed by atoms with van der Waals surface area (Å²) in [6.07, 6.45) is 3.59. The number of carbonyl (C=O) groups is 1. The Balaban J connectivity index is 1.49. The van der Waals surface area contributed by atoms with E-state index in [1.165, 1.54) is 11.1 Å². The number of amides is 2. The molecule has 1 N–H and O–H groups in total. The molecule has 0 aliphatic carbocycles. The molecule has 2 amide bonds. The average Bonchev–Trinajstić information content (AvgIpc) is 2.93. The predicted octanol–water partition coefficient (Wildman–Crippen LogP) is 1.92. The van der Waals surface area contributed by atoms with E-state index in [2.05, 4.69) is 23.5 Å². The summed E-state index contributed by atoms with van der Waals surface area (Å²) in [5.74, 6) is 0.510. The number of rotatable bonds is 3. The lowest BCUT2D eigenvalue weighted by molar-refractivity contribution is 0.201. The number of benzene rings is 1. The van der Waals surface area contributed by atoms with Crippen LogP contribution in [0.3, 0.4) is 0 Å². The molecule has 0 spiro atoms.